The molecule has 0 atom stereocenters. The molecule has 112 valence electrons. The first kappa shape index (κ1) is 15.0. The van der Waals surface area contributed by atoms with Gasteiger partial charge in [0, 0.05) is 24.0 Å². The highest BCUT2D eigenvalue weighted by atomic mass is 19.4. The van der Waals surface area contributed by atoms with E-state index in [1.54, 1.807) is 6.07 Å². The molecule has 0 aliphatic heterocycles. The van der Waals surface area contributed by atoms with Crippen molar-refractivity contribution in [3.8, 4) is 0 Å². The third kappa shape index (κ3) is 3.19. The zero-order valence-electron chi connectivity index (χ0n) is 11.7. The molecule has 0 unspecified atom stereocenters. The van der Waals surface area contributed by atoms with E-state index in [1.165, 1.54) is 18.6 Å². The van der Waals surface area contributed by atoms with Gasteiger partial charge >= 0.3 is 6.18 Å². The maximum atomic E-state index is 12.9. The summed E-state index contributed by atoms with van der Waals surface area (Å²) >= 11 is 0. The quantitative estimate of drug-likeness (QED) is 0.832. The molecule has 0 radical (unpaired) electrons. The molecule has 1 aromatic rings. The fourth-order valence-electron chi connectivity index (χ4n) is 3.01. The highest BCUT2D eigenvalue weighted by Crippen LogP contribution is 2.37. The minimum Gasteiger partial charge on any atom is -0.398 e. The van der Waals surface area contributed by atoms with Gasteiger partial charge in [-0.15, -0.1) is 0 Å². The van der Waals surface area contributed by atoms with E-state index in [4.69, 9.17) is 5.73 Å². The summed E-state index contributed by atoms with van der Waals surface area (Å²) in [6.45, 7) is 2.70. The van der Waals surface area contributed by atoms with Crippen LogP contribution in [0.15, 0.2) is 18.2 Å². The van der Waals surface area contributed by atoms with Crippen LogP contribution in [-0.4, -0.2) is 12.6 Å². The number of benzene rings is 1. The maximum absolute atomic E-state index is 12.9. The van der Waals surface area contributed by atoms with E-state index in [0.29, 0.717) is 18.3 Å². The molecule has 0 spiro atoms. The van der Waals surface area contributed by atoms with Crippen LogP contribution < -0.4 is 10.6 Å². The van der Waals surface area contributed by atoms with Gasteiger partial charge in [0.25, 0.3) is 0 Å². The summed E-state index contributed by atoms with van der Waals surface area (Å²) in [5.74, 6) is 0. The van der Waals surface area contributed by atoms with Crippen LogP contribution in [0.5, 0.6) is 0 Å². The lowest BCUT2D eigenvalue weighted by Gasteiger charge is -2.35. The Labute approximate surface area is 117 Å². The van der Waals surface area contributed by atoms with Crippen molar-refractivity contribution in [2.24, 2.45) is 0 Å². The van der Waals surface area contributed by atoms with Crippen molar-refractivity contribution in [3.05, 3.63) is 23.8 Å². The van der Waals surface area contributed by atoms with Gasteiger partial charge in [-0.1, -0.05) is 19.3 Å². The Morgan fingerprint density at radius 3 is 2.40 bits per heavy atom. The molecule has 2 rings (SSSR count). The topological polar surface area (TPSA) is 29.3 Å². The van der Waals surface area contributed by atoms with Crippen LogP contribution in [0.4, 0.5) is 24.5 Å². The zero-order chi connectivity index (χ0) is 14.8. The average Bonchev–Trinajstić information content (AvgIpc) is 2.41. The van der Waals surface area contributed by atoms with E-state index < -0.39 is 11.7 Å². The van der Waals surface area contributed by atoms with E-state index in [-0.39, 0.29) is 5.69 Å². The Morgan fingerprint density at radius 2 is 1.85 bits per heavy atom. The Hall–Kier alpha value is -1.39. The molecule has 1 aliphatic carbocycles. The molecule has 5 heteroatoms. The van der Waals surface area contributed by atoms with E-state index >= 15 is 0 Å². The molecule has 20 heavy (non-hydrogen) atoms. The summed E-state index contributed by atoms with van der Waals surface area (Å²) in [4.78, 5) is 2.08. The number of hydrogen-bond donors (Lipinski definition) is 1. The summed E-state index contributed by atoms with van der Waals surface area (Å²) in [6, 6.07) is 4.60. The van der Waals surface area contributed by atoms with Crippen molar-refractivity contribution >= 4 is 11.4 Å². The van der Waals surface area contributed by atoms with Crippen molar-refractivity contribution < 1.29 is 13.2 Å². The number of rotatable bonds is 3. The van der Waals surface area contributed by atoms with Crippen LogP contribution in [0.2, 0.25) is 0 Å². The third-order valence-electron chi connectivity index (χ3n) is 4.03. The van der Waals surface area contributed by atoms with Crippen molar-refractivity contribution in [3.63, 3.8) is 0 Å². The smallest absolute Gasteiger partial charge is 0.398 e. The van der Waals surface area contributed by atoms with Crippen LogP contribution in [0.25, 0.3) is 0 Å². The van der Waals surface area contributed by atoms with Gasteiger partial charge < -0.3 is 10.6 Å². The van der Waals surface area contributed by atoms with Gasteiger partial charge in [-0.05, 0) is 38.0 Å². The normalized spacial score (nSPS) is 17.2. The van der Waals surface area contributed by atoms with Crippen molar-refractivity contribution in [2.45, 2.75) is 51.2 Å². The molecular weight excluding hydrogens is 265 g/mol. The summed E-state index contributed by atoms with van der Waals surface area (Å²) in [6.07, 6.45) is 1.25. The number of anilines is 2. The predicted molar refractivity (Wildman–Crippen MR) is 75.7 cm³/mol. The fraction of sp³-hybridized carbons (Fsp3) is 0.600. The predicted octanol–water partition coefficient (Wildman–Crippen LogP) is 4.45. The monoisotopic (exact) mass is 286 g/mol. The number of hydrogen-bond acceptors (Lipinski definition) is 2. The second-order valence-electron chi connectivity index (χ2n) is 5.35. The first-order valence-corrected chi connectivity index (χ1v) is 7.17. The van der Waals surface area contributed by atoms with Crippen LogP contribution in [0, 0.1) is 0 Å². The summed E-state index contributed by atoms with van der Waals surface area (Å²) < 4.78 is 38.8. The van der Waals surface area contributed by atoms with Crippen molar-refractivity contribution in [1.82, 2.24) is 0 Å². The van der Waals surface area contributed by atoms with Crippen LogP contribution >= 0.6 is 0 Å². The summed E-state index contributed by atoms with van der Waals surface area (Å²) in [7, 11) is 0. The minimum atomic E-state index is -4.40. The number of nitrogen functional groups attached to an aromatic ring is 1. The van der Waals surface area contributed by atoms with Gasteiger partial charge in [0.2, 0.25) is 0 Å². The van der Waals surface area contributed by atoms with Gasteiger partial charge in [0.15, 0.2) is 0 Å². The Morgan fingerprint density at radius 1 is 1.20 bits per heavy atom. The fourth-order valence-corrected chi connectivity index (χ4v) is 3.01. The largest absolute Gasteiger partial charge is 0.418 e. The molecule has 1 aromatic carbocycles. The average molecular weight is 286 g/mol. The van der Waals surface area contributed by atoms with Crippen LogP contribution in [0.1, 0.15) is 44.6 Å². The molecular formula is C15H21F3N2. The van der Waals surface area contributed by atoms with Gasteiger partial charge in [-0.3, -0.25) is 0 Å². The highest BCUT2D eigenvalue weighted by Gasteiger charge is 2.34. The SMILES string of the molecule is CCN(c1ccc(N)c(C(F)(F)F)c1)C1CCCCC1. The van der Waals surface area contributed by atoms with E-state index in [9.17, 15) is 13.2 Å². The lowest BCUT2D eigenvalue weighted by molar-refractivity contribution is -0.136. The van der Waals surface area contributed by atoms with Crippen molar-refractivity contribution in [2.75, 3.05) is 17.2 Å². The number of nitrogens with zero attached hydrogens (tertiary/aromatic N) is 1. The lowest BCUT2D eigenvalue weighted by Crippen LogP contribution is -2.36. The van der Waals surface area contributed by atoms with Crippen LogP contribution in [0.3, 0.4) is 0 Å². The van der Waals surface area contributed by atoms with Gasteiger partial charge in [-0.2, -0.15) is 13.2 Å². The van der Waals surface area contributed by atoms with Crippen molar-refractivity contribution in [1.29, 1.82) is 0 Å². The lowest BCUT2D eigenvalue weighted by atomic mass is 9.93. The molecule has 2 N–H and O–H groups in total. The number of halogens is 3. The summed E-state index contributed by atoms with van der Waals surface area (Å²) in [5, 5.41) is 0. The Balaban J connectivity index is 2.30. The molecule has 1 fully saturated rings. The molecule has 0 aromatic heterocycles. The molecule has 0 saturated heterocycles. The third-order valence-corrected chi connectivity index (χ3v) is 4.03. The molecule has 1 saturated carbocycles. The number of alkyl halides is 3. The molecule has 0 amide bonds. The zero-order valence-corrected chi connectivity index (χ0v) is 11.7. The molecule has 1 aliphatic rings. The first-order chi connectivity index (χ1) is 9.43. The molecule has 0 bridgehead atoms. The van der Waals surface area contributed by atoms with E-state index in [1.807, 2.05) is 6.92 Å². The van der Waals surface area contributed by atoms with E-state index in [2.05, 4.69) is 4.90 Å². The second-order valence-corrected chi connectivity index (χ2v) is 5.35. The second kappa shape index (κ2) is 5.94. The minimum absolute atomic E-state index is 0.207. The molecule has 0 heterocycles. The number of nitrogens with two attached hydrogens (primary N) is 1. The Kier molecular flexibility index (Phi) is 4.45. The van der Waals surface area contributed by atoms with Gasteiger partial charge in [0.1, 0.15) is 0 Å². The Bertz CT molecular complexity index is 451. The standard InChI is InChI=1S/C15H21F3N2/c1-2-20(11-6-4-3-5-7-11)12-8-9-14(19)13(10-12)15(16,17)18/h8-11H,2-7,19H2,1H3. The van der Waals surface area contributed by atoms with Gasteiger partial charge in [-0.25, -0.2) is 0 Å². The first-order valence-electron chi connectivity index (χ1n) is 7.17. The highest BCUT2D eigenvalue weighted by molar-refractivity contribution is 5.60. The maximum Gasteiger partial charge on any atom is 0.418 e. The molecule has 2 nitrogen and oxygen atoms in total. The van der Waals surface area contributed by atoms with Gasteiger partial charge in [0.05, 0.1) is 5.56 Å². The van der Waals surface area contributed by atoms with Crippen LogP contribution in [-0.2, 0) is 6.18 Å². The van der Waals surface area contributed by atoms with E-state index in [0.717, 1.165) is 25.7 Å². The summed E-state index contributed by atoms with van der Waals surface area (Å²) in [5.41, 5.74) is 5.14.